The summed E-state index contributed by atoms with van der Waals surface area (Å²) in [7, 11) is 1.54. The number of thiophene rings is 1. The first-order valence-corrected chi connectivity index (χ1v) is 8.80. The molecule has 1 aromatic heterocycles. The number of hydrogen-bond donors (Lipinski definition) is 1. The summed E-state index contributed by atoms with van der Waals surface area (Å²) in [5.41, 5.74) is -0.292. The lowest BCUT2D eigenvalue weighted by Gasteiger charge is -2.36. The number of nitro groups is 1. The molecule has 0 bridgehead atoms. The van der Waals surface area contributed by atoms with Crippen LogP contribution in [-0.4, -0.2) is 28.6 Å². The van der Waals surface area contributed by atoms with E-state index in [9.17, 15) is 19.3 Å². The van der Waals surface area contributed by atoms with Crippen molar-refractivity contribution in [2.45, 2.75) is 25.2 Å². The molecule has 1 amide bonds. The number of piperidine rings is 1. The zero-order valence-corrected chi connectivity index (χ0v) is 15.4. The van der Waals surface area contributed by atoms with Crippen LogP contribution in [0.4, 0.5) is 9.39 Å². The van der Waals surface area contributed by atoms with Gasteiger partial charge in [0.15, 0.2) is 0 Å². The smallest absolute Gasteiger partial charge is 0.304 e. The summed E-state index contributed by atoms with van der Waals surface area (Å²) in [6, 6.07) is 7.11. The minimum Gasteiger partial charge on any atom is -0.304 e. The van der Waals surface area contributed by atoms with Crippen LogP contribution in [-0.2, 0) is 10.2 Å². The van der Waals surface area contributed by atoms with Crippen LogP contribution in [0.25, 0.3) is 11.1 Å². The molecule has 0 radical (unpaired) electrons. The highest BCUT2D eigenvalue weighted by Gasteiger charge is 2.41. The van der Waals surface area contributed by atoms with Gasteiger partial charge in [-0.05, 0) is 23.8 Å². The van der Waals surface area contributed by atoms with E-state index in [1.807, 2.05) is 0 Å². The first-order valence-electron chi connectivity index (χ1n) is 7.99. The van der Waals surface area contributed by atoms with Gasteiger partial charge in [-0.3, -0.25) is 20.3 Å². The van der Waals surface area contributed by atoms with Gasteiger partial charge in [-0.2, -0.15) is 5.26 Å². The third-order valence-corrected chi connectivity index (χ3v) is 6.14. The Hall–Kier alpha value is -3.12. The van der Waals surface area contributed by atoms with Crippen molar-refractivity contribution >= 4 is 28.1 Å². The fourth-order valence-corrected chi connectivity index (χ4v) is 4.26. The number of benzene rings is 1. The Bertz CT molecular complexity index is 1010. The maximum Gasteiger partial charge on any atom is 0.332 e. The van der Waals surface area contributed by atoms with Crippen molar-refractivity contribution < 1.29 is 14.1 Å². The summed E-state index contributed by atoms with van der Waals surface area (Å²) in [5, 5.41) is 28.4. The van der Waals surface area contributed by atoms with Crippen LogP contribution < -0.4 is 0 Å². The van der Waals surface area contributed by atoms with Gasteiger partial charge in [0.25, 0.3) is 0 Å². The zero-order chi connectivity index (χ0) is 19.9. The van der Waals surface area contributed by atoms with E-state index in [4.69, 9.17) is 10.7 Å². The molecule has 9 heteroatoms. The molecule has 2 heterocycles. The molecule has 3 rings (SSSR count). The van der Waals surface area contributed by atoms with Crippen molar-refractivity contribution in [1.29, 1.82) is 10.7 Å². The van der Waals surface area contributed by atoms with E-state index in [1.54, 1.807) is 19.1 Å². The number of amidine groups is 1. The normalized spacial score (nSPS) is 19.9. The molecule has 0 aliphatic carbocycles. The molecule has 1 aliphatic rings. The fraction of sp³-hybridized carbons (Fsp3) is 0.278. The fourth-order valence-electron chi connectivity index (χ4n) is 3.13. The van der Waals surface area contributed by atoms with E-state index in [2.05, 4.69) is 0 Å². The first kappa shape index (κ1) is 18.7. The van der Waals surface area contributed by atoms with E-state index >= 15 is 0 Å². The summed E-state index contributed by atoms with van der Waals surface area (Å²) in [6.07, 6.45) is 0.412. The van der Waals surface area contributed by atoms with Crippen LogP contribution in [0.15, 0.2) is 24.3 Å². The molecule has 7 nitrogen and oxygen atoms in total. The number of halogens is 1. The van der Waals surface area contributed by atoms with Crippen LogP contribution >= 0.6 is 11.3 Å². The maximum atomic E-state index is 13.6. The Morgan fingerprint density at radius 3 is 2.70 bits per heavy atom. The average Bonchev–Trinajstić information content (AvgIpc) is 3.06. The number of nitrogens with zero attached hydrogens (tertiary/aromatic N) is 3. The standard InChI is InChI=1S/C18H15FN4O3S/c1-18(7-15(21)22(2)16(24)8-18)14-6-12(17(27-14)23(25)26)10-3-4-13(19)11(5-10)9-20/h3-6,21H,7-8H2,1-2H3/t18-/m0/s1. The van der Waals surface area contributed by atoms with Crippen molar-refractivity contribution in [3.05, 3.63) is 50.6 Å². The van der Waals surface area contributed by atoms with Crippen LogP contribution in [0.5, 0.6) is 0 Å². The molecular weight excluding hydrogens is 371 g/mol. The topological polar surface area (TPSA) is 111 Å². The Kier molecular flexibility index (Phi) is 4.53. The Balaban J connectivity index is 2.12. The highest BCUT2D eigenvalue weighted by molar-refractivity contribution is 7.16. The van der Waals surface area contributed by atoms with Crippen molar-refractivity contribution in [2.24, 2.45) is 0 Å². The second-order valence-electron chi connectivity index (χ2n) is 6.71. The molecule has 1 aliphatic heterocycles. The number of carbonyl (C=O) groups excluding carboxylic acids is 1. The van der Waals surface area contributed by atoms with Crippen LogP contribution in [0.3, 0.4) is 0 Å². The zero-order valence-electron chi connectivity index (χ0n) is 14.6. The van der Waals surface area contributed by atoms with Gasteiger partial charge in [-0.1, -0.05) is 24.3 Å². The Labute approximate surface area is 158 Å². The van der Waals surface area contributed by atoms with Crippen molar-refractivity contribution in [3.8, 4) is 17.2 Å². The molecule has 0 spiro atoms. The summed E-state index contributed by atoms with van der Waals surface area (Å²) < 4.78 is 13.6. The predicted molar refractivity (Wildman–Crippen MR) is 98.2 cm³/mol. The lowest BCUT2D eigenvalue weighted by atomic mass is 9.78. The maximum absolute atomic E-state index is 13.6. The van der Waals surface area contributed by atoms with Gasteiger partial charge in [0.05, 0.1) is 16.1 Å². The molecule has 1 atom stereocenters. The molecule has 1 saturated heterocycles. The van der Waals surface area contributed by atoms with Crippen molar-refractivity contribution in [2.75, 3.05) is 7.05 Å². The van der Waals surface area contributed by atoms with Gasteiger partial charge >= 0.3 is 5.00 Å². The van der Waals surface area contributed by atoms with Gasteiger partial charge in [0, 0.05) is 30.2 Å². The van der Waals surface area contributed by atoms with Gasteiger partial charge in [-0.15, -0.1) is 0 Å². The molecule has 2 aromatic rings. The molecule has 1 fully saturated rings. The second kappa shape index (κ2) is 6.55. The van der Waals surface area contributed by atoms with E-state index < -0.39 is 16.2 Å². The van der Waals surface area contributed by atoms with E-state index in [-0.39, 0.29) is 40.7 Å². The molecule has 1 N–H and O–H groups in total. The van der Waals surface area contributed by atoms with Gasteiger partial charge < -0.3 is 4.90 Å². The molecule has 1 aromatic carbocycles. The first-order chi connectivity index (χ1) is 12.7. The molecule has 27 heavy (non-hydrogen) atoms. The number of nitrogens with one attached hydrogen (secondary N) is 1. The minimum atomic E-state index is -0.730. The monoisotopic (exact) mass is 386 g/mol. The lowest BCUT2D eigenvalue weighted by molar-refractivity contribution is -0.379. The number of carbonyl (C=O) groups is 1. The summed E-state index contributed by atoms with van der Waals surface area (Å²) in [5.74, 6) is -0.763. The van der Waals surface area contributed by atoms with Crippen molar-refractivity contribution in [1.82, 2.24) is 4.90 Å². The Morgan fingerprint density at radius 2 is 2.11 bits per heavy atom. The summed E-state index contributed by atoms with van der Waals surface area (Å²) in [4.78, 5) is 25.1. The van der Waals surface area contributed by atoms with Crippen LogP contribution in [0, 0.1) is 32.7 Å². The van der Waals surface area contributed by atoms with E-state index in [0.717, 1.165) is 17.4 Å². The molecule has 0 unspecified atom stereocenters. The molecule has 138 valence electrons. The summed E-state index contributed by atoms with van der Waals surface area (Å²) in [6.45, 7) is 1.80. The SMILES string of the molecule is CN1C(=N)C[C@](C)(c2cc(-c3ccc(F)c(C#N)c3)c([N+](=O)[O-])s2)CC1=O. The molecular formula is C18H15FN4O3S. The number of amides is 1. The quantitative estimate of drug-likeness (QED) is 0.638. The average molecular weight is 386 g/mol. The van der Waals surface area contributed by atoms with Gasteiger partial charge in [0.2, 0.25) is 5.91 Å². The largest absolute Gasteiger partial charge is 0.332 e. The molecule has 0 saturated carbocycles. The lowest BCUT2D eigenvalue weighted by Crippen LogP contribution is -2.46. The summed E-state index contributed by atoms with van der Waals surface area (Å²) >= 11 is 0.948. The number of nitriles is 1. The highest BCUT2D eigenvalue weighted by Crippen LogP contribution is 2.46. The predicted octanol–water partition coefficient (Wildman–Crippen LogP) is 3.82. The van der Waals surface area contributed by atoms with Crippen LogP contribution in [0.2, 0.25) is 0 Å². The second-order valence-corrected chi connectivity index (χ2v) is 7.74. The van der Waals surface area contributed by atoms with Gasteiger partial charge in [-0.25, -0.2) is 4.39 Å². The number of hydrogen-bond acceptors (Lipinski definition) is 6. The van der Waals surface area contributed by atoms with Crippen molar-refractivity contribution in [3.63, 3.8) is 0 Å². The number of likely N-dealkylation sites (tertiary alicyclic amines) is 1. The minimum absolute atomic E-state index is 0.135. The Morgan fingerprint density at radius 1 is 1.41 bits per heavy atom. The third-order valence-electron chi connectivity index (χ3n) is 4.75. The van der Waals surface area contributed by atoms with Crippen LogP contribution in [0.1, 0.15) is 30.2 Å². The third kappa shape index (κ3) is 3.19. The van der Waals surface area contributed by atoms with E-state index in [1.165, 1.54) is 24.1 Å². The highest BCUT2D eigenvalue weighted by atomic mass is 32.1. The van der Waals surface area contributed by atoms with Gasteiger partial charge in [0.1, 0.15) is 17.7 Å². The number of rotatable bonds is 3. The van der Waals surface area contributed by atoms with E-state index in [0.29, 0.717) is 10.4 Å².